The molecular formula is C19H21ClN2O3S. The average molecular weight is 393 g/mol. The largest absolute Gasteiger partial charge is 0.326 e. The summed E-state index contributed by atoms with van der Waals surface area (Å²) in [7, 11) is -3.29. The van der Waals surface area contributed by atoms with Crippen molar-refractivity contribution in [2.75, 3.05) is 22.4 Å². The average Bonchev–Trinajstić information content (AvgIpc) is 2.59. The van der Waals surface area contributed by atoms with Crippen LogP contribution in [0, 0.1) is 0 Å². The summed E-state index contributed by atoms with van der Waals surface area (Å²) in [5, 5.41) is 3.55. The van der Waals surface area contributed by atoms with Gasteiger partial charge in [-0.05, 0) is 54.7 Å². The van der Waals surface area contributed by atoms with Crippen LogP contribution in [0.2, 0.25) is 5.02 Å². The molecule has 1 heterocycles. The molecule has 0 aliphatic carbocycles. The molecule has 0 aromatic heterocycles. The van der Waals surface area contributed by atoms with Gasteiger partial charge in [-0.25, -0.2) is 8.42 Å². The van der Waals surface area contributed by atoms with E-state index in [-0.39, 0.29) is 5.91 Å². The van der Waals surface area contributed by atoms with Gasteiger partial charge in [0.25, 0.3) is 0 Å². The summed E-state index contributed by atoms with van der Waals surface area (Å²) in [4.78, 5) is 12.2. The Kier molecular flexibility index (Phi) is 5.53. The van der Waals surface area contributed by atoms with Crippen LogP contribution in [0.1, 0.15) is 24.0 Å². The van der Waals surface area contributed by atoms with Gasteiger partial charge in [-0.2, -0.15) is 0 Å². The Morgan fingerprint density at radius 2 is 2.00 bits per heavy atom. The Bertz CT molecular complexity index is 928. The molecule has 0 atom stereocenters. The highest BCUT2D eigenvalue weighted by Gasteiger charge is 2.24. The van der Waals surface area contributed by atoms with Crippen molar-refractivity contribution in [1.82, 2.24) is 0 Å². The zero-order chi connectivity index (χ0) is 18.7. The van der Waals surface area contributed by atoms with Gasteiger partial charge in [0.05, 0.1) is 11.9 Å². The van der Waals surface area contributed by atoms with E-state index in [2.05, 4.69) is 5.32 Å². The predicted molar refractivity (Wildman–Crippen MR) is 105 cm³/mol. The summed E-state index contributed by atoms with van der Waals surface area (Å²) in [6.07, 6.45) is 3.68. The topological polar surface area (TPSA) is 66.5 Å². The van der Waals surface area contributed by atoms with Crippen molar-refractivity contribution in [1.29, 1.82) is 0 Å². The van der Waals surface area contributed by atoms with E-state index >= 15 is 0 Å². The molecule has 1 amide bonds. The summed E-state index contributed by atoms with van der Waals surface area (Å²) < 4.78 is 25.2. The van der Waals surface area contributed by atoms with Gasteiger partial charge < -0.3 is 5.32 Å². The van der Waals surface area contributed by atoms with Crippen LogP contribution in [-0.2, 0) is 27.7 Å². The Balaban J connectivity index is 1.67. The standard InChI is InChI=1S/C19H21ClN2O3S/c1-26(24,25)22-12-4-6-15-13-16(9-10-18(15)22)21-19(23)11-8-14-5-2-3-7-17(14)20/h2-3,5,7,9-10,13H,4,6,8,11-12H2,1H3,(H,21,23). The monoisotopic (exact) mass is 392 g/mol. The van der Waals surface area contributed by atoms with E-state index in [0.717, 1.165) is 24.0 Å². The summed E-state index contributed by atoms with van der Waals surface area (Å²) >= 11 is 6.11. The zero-order valence-electron chi connectivity index (χ0n) is 14.5. The smallest absolute Gasteiger partial charge is 0.232 e. The fraction of sp³-hybridized carbons (Fsp3) is 0.316. The summed E-state index contributed by atoms with van der Waals surface area (Å²) in [5.41, 5.74) is 3.26. The van der Waals surface area contributed by atoms with Crippen molar-refractivity contribution in [3.63, 3.8) is 0 Å². The van der Waals surface area contributed by atoms with Crippen LogP contribution in [0.4, 0.5) is 11.4 Å². The summed E-state index contributed by atoms with van der Waals surface area (Å²) in [6, 6.07) is 12.9. The molecule has 0 unspecified atom stereocenters. The fourth-order valence-corrected chi connectivity index (χ4v) is 4.38. The van der Waals surface area contributed by atoms with Crippen LogP contribution in [0.15, 0.2) is 42.5 Å². The molecule has 1 N–H and O–H groups in total. The van der Waals surface area contributed by atoms with E-state index in [1.807, 2.05) is 30.3 Å². The van der Waals surface area contributed by atoms with E-state index < -0.39 is 10.0 Å². The number of fused-ring (bicyclic) bond motifs is 1. The molecule has 138 valence electrons. The number of hydrogen-bond acceptors (Lipinski definition) is 3. The number of sulfonamides is 1. The van der Waals surface area contributed by atoms with E-state index in [4.69, 9.17) is 11.6 Å². The van der Waals surface area contributed by atoms with Crippen molar-refractivity contribution in [3.8, 4) is 0 Å². The number of anilines is 2. The van der Waals surface area contributed by atoms with Gasteiger partial charge in [0.15, 0.2) is 0 Å². The highest BCUT2D eigenvalue weighted by atomic mass is 35.5. The first-order chi connectivity index (χ1) is 12.3. The molecule has 0 radical (unpaired) electrons. The highest BCUT2D eigenvalue weighted by Crippen LogP contribution is 2.31. The first kappa shape index (κ1) is 18.7. The minimum Gasteiger partial charge on any atom is -0.326 e. The minimum atomic E-state index is -3.29. The van der Waals surface area contributed by atoms with Gasteiger partial charge in [-0.15, -0.1) is 0 Å². The second-order valence-electron chi connectivity index (χ2n) is 6.42. The second-order valence-corrected chi connectivity index (χ2v) is 8.74. The van der Waals surface area contributed by atoms with Gasteiger partial charge in [0, 0.05) is 23.7 Å². The van der Waals surface area contributed by atoms with E-state index in [1.165, 1.54) is 10.6 Å². The molecule has 3 rings (SSSR count). The second kappa shape index (κ2) is 7.68. The summed E-state index contributed by atoms with van der Waals surface area (Å²) in [6.45, 7) is 0.495. The first-order valence-electron chi connectivity index (χ1n) is 8.48. The van der Waals surface area contributed by atoms with Crippen molar-refractivity contribution in [3.05, 3.63) is 58.6 Å². The number of rotatable bonds is 5. The molecule has 0 saturated heterocycles. The molecule has 1 aliphatic heterocycles. The van der Waals surface area contributed by atoms with Crippen molar-refractivity contribution in [2.24, 2.45) is 0 Å². The van der Waals surface area contributed by atoms with E-state index in [9.17, 15) is 13.2 Å². The third kappa shape index (κ3) is 4.37. The number of benzene rings is 2. The Hall–Kier alpha value is -2.05. The lowest BCUT2D eigenvalue weighted by Crippen LogP contribution is -2.34. The molecule has 0 saturated carbocycles. The lowest BCUT2D eigenvalue weighted by atomic mass is 10.0. The lowest BCUT2D eigenvalue weighted by molar-refractivity contribution is -0.116. The molecule has 5 nitrogen and oxygen atoms in total. The number of aryl methyl sites for hydroxylation is 2. The molecule has 0 spiro atoms. The van der Waals surface area contributed by atoms with Gasteiger partial charge in [-0.3, -0.25) is 9.10 Å². The fourth-order valence-electron chi connectivity index (χ4n) is 3.16. The quantitative estimate of drug-likeness (QED) is 0.844. The summed E-state index contributed by atoms with van der Waals surface area (Å²) in [5.74, 6) is -0.0966. The number of carbonyl (C=O) groups excluding carboxylic acids is 1. The van der Waals surface area contributed by atoms with Crippen LogP contribution in [0.3, 0.4) is 0 Å². The van der Waals surface area contributed by atoms with Crippen LogP contribution in [-0.4, -0.2) is 27.1 Å². The van der Waals surface area contributed by atoms with Crippen LogP contribution in [0.5, 0.6) is 0 Å². The third-order valence-corrected chi connectivity index (χ3v) is 5.97. The lowest BCUT2D eigenvalue weighted by Gasteiger charge is -2.29. The van der Waals surface area contributed by atoms with Crippen LogP contribution >= 0.6 is 11.6 Å². The van der Waals surface area contributed by atoms with Gasteiger partial charge in [0.1, 0.15) is 0 Å². The number of amides is 1. The molecule has 0 bridgehead atoms. The molecule has 2 aromatic rings. The van der Waals surface area contributed by atoms with Gasteiger partial charge >= 0.3 is 0 Å². The zero-order valence-corrected chi connectivity index (χ0v) is 16.1. The molecule has 26 heavy (non-hydrogen) atoms. The SMILES string of the molecule is CS(=O)(=O)N1CCCc2cc(NC(=O)CCc3ccccc3Cl)ccc21. The maximum atomic E-state index is 12.2. The Labute approximate surface area is 159 Å². The number of nitrogens with zero attached hydrogens (tertiary/aromatic N) is 1. The van der Waals surface area contributed by atoms with Gasteiger partial charge in [-0.1, -0.05) is 29.8 Å². The Morgan fingerprint density at radius 1 is 1.23 bits per heavy atom. The normalized spacial score (nSPS) is 14.0. The number of carbonyl (C=O) groups is 1. The first-order valence-corrected chi connectivity index (χ1v) is 10.7. The van der Waals surface area contributed by atoms with Crippen LogP contribution < -0.4 is 9.62 Å². The number of hydrogen-bond donors (Lipinski definition) is 1. The molecule has 1 aliphatic rings. The highest BCUT2D eigenvalue weighted by molar-refractivity contribution is 7.92. The molecular weight excluding hydrogens is 372 g/mol. The van der Waals surface area contributed by atoms with Crippen molar-refractivity contribution >= 4 is 38.9 Å². The number of halogens is 1. The molecule has 0 fully saturated rings. The van der Waals surface area contributed by atoms with Crippen molar-refractivity contribution in [2.45, 2.75) is 25.7 Å². The molecule has 7 heteroatoms. The predicted octanol–water partition coefficient (Wildman–Crippen LogP) is 3.62. The van der Waals surface area contributed by atoms with Crippen LogP contribution in [0.25, 0.3) is 0 Å². The number of nitrogens with one attached hydrogen (secondary N) is 1. The maximum absolute atomic E-state index is 12.2. The minimum absolute atomic E-state index is 0.0966. The van der Waals surface area contributed by atoms with E-state index in [1.54, 1.807) is 12.1 Å². The van der Waals surface area contributed by atoms with Crippen molar-refractivity contribution < 1.29 is 13.2 Å². The Morgan fingerprint density at radius 3 is 2.73 bits per heavy atom. The third-order valence-electron chi connectivity index (χ3n) is 4.42. The maximum Gasteiger partial charge on any atom is 0.232 e. The van der Waals surface area contributed by atoms with Gasteiger partial charge in [0.2, 0.25) is 15.9 Å². The molecule has 2 aromatic carbocycles. The van der Waals surface area contributed by atoms with E-state index in [0.29, 0.717) is 35.8 Å².